The van der Waals surface area contributed by atoms with Crippen molar-refractivity contribution in [2.75, 3.05) is 33.0 Å². The fourth-order valence-electron chi connectivity index (χ4n) is 3.94. The van der Waals surface area contributed by atoms with Crippen molar-refractivity contribution in [2.24, 2.45) is 0 Å². The molecule has 1 aliphatic carbocycles. The number of hydrogen-bond donors (Lipinski definition) is 1. The minimum atomic E-state index is -0.764. The maximum absolute atomic E-state index is 13.0. The van der Waals surface area contributed by atoms with E-state index in [1.165, 1.54) is 0 Å². The third-order valence-electron chi connectivity index (χ3n) is 5.46. The summed E-state index contributed by atoms with van der Waals surface area (Å²) in [5, 5.41) is 2.66. The van der Waals surface area contributed by atoms with Crippen LogP contribution in [-0.2, 0) is 29.3 Å². The Bertz CT molecular complexity index is 771. The molecule has 2 aliphatic rings. The van der Waals surface area contributed by atoms with Crippen molar-refractivity contribution < 1.29 is 33.3 Å². The second-order valence-electron chi connectivity index (χ2n) is 7.48. The molecule has 1 aromatic rings. The predicted octanol–water partition coefficient (Wildman–Crippen LogP) is 2.27. The summed E-state index contributed by atoms with van der Waals surface area (Å²) >= 11 is 0. The fraction of sp³-hybridized carbons (Fsp3) is 0.591. The van der Waals surface area contributed by atoms with Crippen molar-refractivity contribution in [2.45, 2.75) is 50.9 Å². The van der Waals surface area contributed by atoms with Gasteiger partial charge in [-0.1, -0.05) is 18.9 Å². The molecule has 0 bridgehead atoms. The highest BCUT2D eigenvalue weighted by molar-refractivity contribution is 5.87. The molecule has 1 fully saturated rings. The van der Waals surface area contributed by atoms with Crippen molar-refractivity contribution in [3.8, 4) is 11.5 Å². The molecule has 3 rings (SSSR count). The second-order valence-corrected chi connectivity index (χ2v) is 7.48. The van der Waals surface area contributed by atoms with Gasteiger partial charge in [0.2, 0.25) is 0 Å². The van der Waals surface area contributed by atoms with Gasteiger partial charge in [0, 0.05) is 13.0 Å². The van der Waals surface area contributed by atoms with Gasteiger partial charge < -0.3 is 24.3 Å². The van der Waals surface area contributed by atoms with Crippen molar-refractivity contribution >= 4 is 17.8 Å². The molecule has 1 heterocycles. The van der Waals surface area contributed by atoms with Crippen LogP contribution in [0.4, 0.5) is 0 Å². The average Bonchev–Trinajstić information content (AvgIpc) is 3.26. The van der Waals surface area contributed by atoms with E-state index in [1.807, 2.05) is 18.2 Å². The van der Waals surface area contributed by atoms with E-state index in [4.69, 9.17) is 18.9 Å². The van der Waals surface area contributed by atoms with Gasteiger partial charge in [0.05, 0.1) is 12.0 Å². The molecule has 1 amide bonds. The minimum absolute atomic E-state index is 0.237. The molecule has 8 heteroatoms. The lowest BCUT2D eigenvalue weighted by Gasteiger charge is -2.28. The van der Waals surface area contributed by atoms with Crippen LogP contribution in [0, 0.1) is 0 Å². The second kappa shape index (κ2) is 10.3. The molecular weight excluding hydrogens is 390 g/mol. The van der Waals surface area contributed by atoms with Crippen LogP contribution in [0.3, 0.4) is 0 Å². The summed E-state index contributed by atoms with van der Waals surface area (Å²) < 4.78 is 21.5. The van der Waals surface area contributed by atoms with Crippen LogP contribution in [0.2, 0.25) is 0 Å². The van der Waals surface area contributed by atoms with Gasteiger partial charge in [0.1, 0.15) is 13.2 Å². The van der Waals surface area contributed by atoms with Gasteiger partial charge in [0.25, 0.3) is 5.91 Å². The van der Waals surface area contributed by atoms with Gasteiger partial charge in [-0.05, 0) is 43.9 Å². The van der Waals surface area contributed by atoms with E-state index < -0.39 is 11.4 Å². The molecule has 0 unspecified atom stereocenters. The minimum Gasteiger partial charge on any atom is -0.486 e. The SMILES string of the molecule is CCOC(=O)CCCNC(=O)COC(=O)C1(c2ccc3c(c2)OCCO3)CCCC1. The molecule has 8 nitrogen and oxygen atoms in total. The number of hydrogen-bond acceptors (Lipinski definition) is 7. The summed E-state index contributed by atoms with van der Waals surface area (Å²) in [6.07, 6.45) is 3.90. The summed E-state index contributed by atoms with van der Waals surface area (Å²) in [6.45, 7) is 3.05. The molecule has 30 heavy (non-hydrogen) atoms. The Hall–Kier alpha value is -2.77. The Balaban J connectivity index is 1.53. The topological polar surface area (TPSA) is 100 Å². The van der Waals surface area contributed by atoms with E-state index in [0.29, 0.717) is 57.1 Å². The van der Waals surface area contributed by atoms with E-state index in [0.717, 1.165) is 18.4 Å². The molecule has 0 spiro atoms. The molecular formula is C22H29NO7. The maximum atomic E-state index is 13.0. The van der Waals surface area contributed by atoms with Gasteiger partial charge >= 0.3 is 11.9 Å². The lowest BCUT2D eigenvalue weighted by molar-refractivity contribution is -0.154. The van der Waals surface area contributed by atoms with E-state index in [-0.39, 0.29) is 24.9 Å². The zero-order valence-electron chi connectivity index (χ0n) is 17.4. The summed E-state index contributed by atoms with van der Waals surface area (Å²) in [7, 11) is 0. The lowest BCUT2D eigenvalue weighted by Crippen LogP contribution is -2.38. The highest BCUT2D eigenvalue weighted by atomic mass is 16.6. The van der Waals surface area contributed by atoms with Crippen molar-refractivity contribution in [3.63, 3.8) is 0 Å². The quantitative estimate of drug-likeness (QED) is 0.484. The third kappa shape index (κ3) is 5.23. The van der Waals surface area contributed by atoms with E-state index in [9.17, 15) is 14.4 Å². The number of ether oxygens (including phenoxy) is 4. The Labute approximate surface area is 176 Å². The normalized spacial score (nSPS) is 16.6. The van der Waals surface area contributed by atoms with Gasteiger partial charge in [-0.3, -0.25) is 14.4 Å². The Morgan fingerprint density at radius 3 is 2.53 bits per heavy atom. The number of carbonyl (C=O) groups is 3. The Morgan fingerprint density at radius 2 is 1.80 bits per heavy atom. The number of esters is 2. The summed E-state index contributed by atoms with van der Waals surface area (Å²) in [4.78, 5) is 36.3. The van der Waals surface area contributed by atoms with E-state index in [2.05, 4.69) is 5.32 Å². The molecule has 0 saturated heterocycles. The number of fused-ring (bicyclic) bond motifs is 1. The zero-order chi connectivity index (χ0) is 21.4. The highest BCUT2D eigenvalue weighted by Gasteiger charge is 2.45. The van der Waals surface area contributed by atoms with Crippen molar-refractivity contribution in [3.05, 3.63) is 23.8 Å². The van der Waals surface area contributed by atoms with Gasteiger partial charge in [-0.2, -0.15) is 0 Å². The van der Waals surface area contributed by atoms with E-state index in [1.54, 1.807) is 6.92 Å². The molecule has 1 N–H and O–H groups in total. The van der Waals surface area contributed by atoms with Gasteiger partial charge in [0.15, 0.2) is 18.1 Å². The maximum Gasteiger partial charge on any atom is 0.317 e. The number of rotatable bonds is 9. The molecule has 0 radical (unpaired) electrons. The number of nitrogens with one attached hydrogen (secondary N) is 1. The average molecular weight is 419 g/mol. The first-order valence-corrected chi connectivity index (χ1v) is 10.5. The summed E-state index contributed by atoms with van der Waals surface area (Å²) in [5.41, 5.74) is 0.0733. The highest BCUT2D eigenvalue weighted by Crippen LogP contribution is 2.45. The van der Waals surface area contributed by atoms with Crippen LogP contribution >= 0.6 is 0 Å². The third-order valence-corrected chi connectivity index (χ3v) is 5.46. The smallest absolute Gasteiger partial charge is 0.317 e. The summed E-state index contributed by atoms with van der Waals surface area (Å²) in [6, 6.07) is 5.57. The van der Waals surface area contributed by atoms with Crippen molar-refractivity contribution in [1.82, 2.24) is 5.32 Å². The molecule has 1 aliphatic heterocycles. The molecule has 164 valence electrons. The Kier molecular flexibility index (Phi) is 7.54. The first kappa shape index (κ1) is 21.9. The summed E-state index contributed by atoms with van der Waals surface area (Å²) in [5.74, 6) is 0.243. The zero-order valence-corrected chi connectivity index (χ0v) is 17.4. The van der Waals surface area contributed by atoms with Crippen LogP contribution in [0.5, 0.6) is 11.5 Å². The number of carbonyl (C=O) groups excluding carboxylic acids is 3. The van der Waals surface area contributed by atoms with Gasteiger partial charge in [-0.25, -0.2) is 0 Å². The standard InChI is InChI=1S/C22H29NO7/c1-2-27-20(25)6-5-11-23-19(24)15-30-21(26)22(9-3-4-10-22)16-7-8-17-18(14-16)29-13-12-28-17/h7-8,14H,2-6,9-13,15H2,1H3,(H,23,24). The van der Waals surface area contributed by atoms with Gasteiger partial charge in [-0.15, -0.1) is 0 Å². The van der Waals surface area contributed by atoms with Crippen LogP contribution in [0.1, 0.15) is 51.0 Å². The van der Waals surface area contributed by atoms with Crippen molar-refractivity contribution in [1.29, 1.82) is 0 Å². The first-order valence-electron chi connectivity index (χ1n) is 10.5. The number of benzene rings is 1. The first-order chi connectivity index (χ1) is 14.5. The van der Waals surface area contributed by atoms with Crippen LogP contribution < -0.4 is 14.8 Å². The number of amides is 1. The van der Waals surface area contributed by atoms with Crippen LogP contribution in [-0.4, -0.2) is 50.8 Å². The fourth-order valence-corrected chi connectivity index (χ4v) is 3.94. The molecule has 0 aromatic heterocycles. The lowest BCUT2D eigenvalue weighted by atomic mass is 9.78. The monoisotopic (exact) mass is 419 g/mol. The molecule has 1 aromatic carbocycles. The van der Waals surface area contributed by atoms with E-state index >= 15 is 0 Å². The largest absolute Gasteiger partial charge is 0.486 e. The predicted molar refractivity (Wildman–Crippen MR) is 107 cm³/mol. The van der Waals surface area contributed by atoms with Crippen LogP contribution in [0.15, 0.2) is 18.2 Å². The van der Waals surface area contributed by atoms with Crippen LogP contribution in [0.25, 0.3) is 0 Å². The molecule has 0 atom stereocenters. The Morgan fingerprint density at radius 1 is 1.07 bits per heavy atom. The molecule has 1 saturated carbocycles.